The van der Waals surface area contributed by atoms with Crippen LogP contribution in [0.1, 0.15) is 23.2 Å². The Kier molecular flexibility index (Phi) is 4.61. The molecule has 2 aliphatic heterocycles. The third-order valence-electron chi connectivity index (χ3n) is 6.06. The van der Waals surface area contributed by atoms with E-state index in [9.17, 15) is 0 Å². The molecular formula is C23H27N5. The summed E-state index contributed by atoms with van der Waals surface area (Å²) in [6.07, 6.45) is 3.94. The highest BCUT2D eigenvalue weighted by atomic mass is 15.2. The number of nitrogens with one attached hydrogen (secondary N) is 1. The summed E-state index contributed by atoms with van der Waals surface area (Å²) in [6.45, 7) is 8.21. The fraction of sp³-hybridized carbons (Fsp3) is 0.391. The summed E-state index contributed by atoms with van der Waals surface area (Å²) in [5.74, 6) is 1.16. The molecule has 144 valence electrons. The minimum atomic E-state index is 0.852. The van der Waals surface area contributed by atoms with E-state index in [2.05, 4.69) is 63.4 Å². The highest BCUT2D eigenvalue weighted by Gasteiger charge is 2.23. The number of piperazine rings is 1. The van der Waals surface area contributed by atoms with Gasteiger partial charge in [-0.2, -0.15) is 0 Å². The Hall–Kier alpha value is -2.66. The van der Waals surface area contributed by atoms with Crippen molar-refractivity contribution in [2.45, 2.75) is 26.3 Å². The Bertz CT molecular complexity index is 988. The van der Waals surface area contributed by atoms with Crippen LogP contribution >= 0.6 is 0 Å². The molecule has 28 heavy (non-hydrogen) atoms. The Morgan fingerprint density at radius 2 is 1.75 bits per heavy atom. The molecule has 1 N–H and O–H groups in total. The lowest BCUT2D eigenvalue weighted by atomic mass is 10.0. The van der Waals surface area contributed by atoms with E-state index in [1.807, 2.05) is 0 Å². The van der Waals surface area contributed by atoms with Crippen LogP contribution in [0, 0.1) is 6.92 Å². The quantitative estimate of drug-likeness (QED) is 0.747. The normalized spacial score (nSPS) is 17.5. The first-order valence-electron chi connectivity index (χ1n) is 10.3. The van der Waals surface area contributed by atoms with Crippen molar-refractivity contribution in [2.24, 2.45) is 0 Å². The SMILES string of the molecule is Cc1cccc2cccc(N3CCCc4c(ncnc4N4CCNCC4)C3)c12. The number of anilines is 2. The molecule has 1 aromatic heterocycles. The van der Waals surface area contributed by atoms with Gasteiger partial charge in [-0.15, -0.1) is 0 Å². The van der Waals surface area contributed by atoms with Gasteiger partial charge in [0.25, 0.3) is 0 Å². The summed E-state index contributed by atoms with van der Waals surface area (Å²) in [7, 11) is 0. The van der Waals surface area contributed by atoms with Crippen molar-refractivity contribution in [2.75, 3.05) is 42.5 Å². The fourth-order valence-corrected chi connectivity index (χ4v) is 4.66. The zero-order valence-electron chi connectivity index (χ0n) is 16.5. The van der Waals surface area contributed by atoms with E-state index in [0.29, 0.717) is 0 Å². The molecule has 0 saturated carbocycles. The molecule has 0 spiro atoms. The summed E-state index contributed by atoms with van der Waals surface area (Å²) < 4.78 is 0. The molecule has 0 unspecified atom stereocenters. The maximum absolute atomic E-state index is 4.72. The van der Waals surface area contributed by atoms with E-state index in [1.165, 1.54) is 33.3 Å². The van der Waals surface area contributed by atoms with Gasteiger partial charge in [-0.05, 0) is 36.8 Å². The van der Waals surface area contributed by atoms with Gasteiger partial charge in [0.15, 0.2) is 0 Å². The molecular weight excluding hydrogens is 346 g/mol. The highest BCUT2D eigenvalue weighted by Crippen LogP contribution is 2.33. The van der Waals surface area contributed by atoms with E-state index in [1.54, 1.807) is 6.33 Å². The maximum atomic E-state index is 4.72. The van der Waals surface area contributed by atoms with Crippen molar-refractivity contribution in [3.8, 4) is 0 Å². The fourth-order valence-electron chi connectivity index (χ4n) is 4.66. The largest absolute Gasteiger partial charge is 0.365 e. The van der Waals surface area contributed by atoms with Crippen LogP contribution in [-0.4, -0.2) is 42.7 Å². The summed E-state index contributed by atoms with van der Waals surface area (Å²) in [4.78, 5) is 14.3. The van der Waals surface area contributed by atoms with Gasteiger partial charge >= 0.3 is 0 Å². The van der Waals surface area contributed by atoms with Crippen LogP contribution in [0.4, 0.5) is 11.5 Å². The lowest BCUT2D eigenvalue weighted by Crippen LogP contribution is -2.44. The van der Waals surface area contributed by atoms with Gasteiger partial charge in [0.2, 0.25) is 0 Å². The number of fused-ring (bicyclic) bond motifs is 2. The van der Waals surface area contributed by atoms with Crippen LogP contribution in [0.15, 0.2) is 42.7 Å². The van der Waals surface area contributed by atoms with Crippen LogP contribution in [-0.2, 0) is 13.0 Å². The molecule has 0 radical (unpaired) electrons. The van der Waals surface area contributed by atoms with E-state index >= 15 is 0 Å². The first-order valence-corrected chi connectivity index (χ1v) is 10.3. The van der Waals surface area contributed by atoms with Crippen LogP contribution in [0.25, 0.3) is 10.8 Å². The Balaban J connectivity index is 1.53. The van der Waals surface area contributed by atoms with Crippen molar-refractivity contribution < 1.29 is 0 Å². The zero-order chi connectivity index (χ0) is 18.9. The van der Waals surface area contributed by atoms with Crippen LogP contribution in [0.5, 0.6) is 0 Å². The molecule has 0 bridgehead atoms. The lowest BCUT2D eigenvalue weighted by molar-refractivity contribution is 0.582. The van der Waals surface area contributed by atoms with E-state index in [4.69, 9.17) is 4.98 Å². The molecule has 5 nitrogen and oxygen atoms in total. The van der Waals surface area contributed by atoms with Crippen molar-refractivity contribution >= 4 is 22.3 Å². The Labute approximate surface area is 166 Å². The Morgan fingerprint density at radius 1 is 0.929 bits per heavy atom. The van der Waals surface area contributed by atoms with E-state index in [0.717, 1.165) is 57.9 Å². The summed E-state index contributed by atoms with van der Waals surface area (Å²) in [5.41, 5.74) is 5.20. The molecule has 2 aliphatic rings. The predicted octanol–water partition coefficient (Wildman–Crippen LogP) is 3.30. The van der Waals surface area contributed by atoms with Crippen molar-refractivity contribution in [3.63, 3.8) is 0 Å². The third-order valence-corrected chi connectivity index (χ3v) is 6.06. The molecule has 2 aromatic carbocycles. The molecule has 0 aliphatic carbocycles. The number of benzene rings is 2. The van der Waals surface area contributed by atoms with Crippen molar-refractivity contribution in [3.05, 3.63) is 59.5 Å². The van der Waals surface area contributed by atoms with Gasteiger partial charge in [0.05, 0.1) is 12.2 Å². The summed E-state index contributed by atoms with van der Waals surface area (Å²) in [6, 6.07) is 13.2. The van der Waals surface area contributed by atoms with E-state index in [-0.39, 0.29) is 0 Å². The summed E-state index contributed by atoms with van der Waals surface area (Å²) in [5, 5.41) is 6.11. The van der Waals surface area contributed by atoms with Crippen molar-refractivity contribution in [1.82, 2.24) is 15.3 Å². The third kappa shape index (κ3) is 3.10. The Morgan fingerprint density at radius 3 is 2.61 bits per heavy atom. The molecule has 1 saturated heterocycles. The number of nitrogens with zero attached hydrogens (tertiary/aromatic N) is 4. The van der Waals surface area contributed by atoms with Gasteiger partial charge in [-0.25, -0.2) is 9.97 Å². The first-order chi connectivity index (χ1) is 13.8. The topological polar surface area (TPSA) is 44.3 Å². The minimum Gasteiger partial charge on any atom is -0.365 e. The smallest absolute Gasteiger partial charge is 0.135 e. The molecule has 1 fully saturated rings. The lowest BCUT2D eigenvalue weighted by Gasteiger charge is -2.30. The standard InChI is InChI=1S/C23H27N5/c1-17-5-2-6-18-7-3-9-21(22(17)18)28-12-4-8-19-20(15-28)25-16-26-23(19)27-13-10-24-11-14-27/h2-3,5-7,9,16,24H,4,8,10-15H2,1H3. The van der Waals surface area contributed by atoms with Gasteiger partial charge in [0.1, 0.15) is 12.1 Å². The molecule has 5 rings (SSSR count). The summed E-state index contributed by atoms with van der Waals surface area (Å²) >= 11 is 0. The van der Waals surface area contributed by atoms with Crippen LogP contribution in [0.3, 0.4) is 0 Å². The number of aromatic nitrogens is 2. The van der Waals surface area contributed by atoms with Gasteiger partial charge < -0.3 is 15.1 Å². The van der Waals surface area contributed by atoms with Gasteiger partial charge in [-0.1, -0.05) is 30.3 Å². The van der Waals surface area contributed by atoms with Gasteiger partial charge in [0, 0.05) is 49.4 Å². The second kappa shape index (κ2) is 7.40. The monoisotopic (exact) mass is 373 g/mol. The second-order valence-electron chi connectivity index (χ2n) is 7.83. The minimum absolute atomic E-state index is 0.852. The van der Waals surface area contributed by atoms with Gasteiger partial charge in [-0.3, -0.25) is 0 Å². The molecule has 3 heterocycles. The van der Waals surface area contributed by atoms with Crippen molar-refractivity contribution in [1.29, 1.82) is 0 Å². The van der Waals surface area contributed by atoms with E-state index < -0.39 is 0 Å². The molecule has 5 heteroatoms. The maximum Gasteiger partial charge on any atom is 0.135 e. The molecule has 0 amide bonds. The van der Waals surface area contributed by atoms with Crippen LogP contribution in [0.2, 0.25) is 0 Å². The second-order valence-corrected chi connectivity index (χ2v) is 7.83. The average molecular weight is 374 g/mol. The number of rotatable bonds is 2. The number of hydrogen-bond donors (Lipinski definition) is 1. The number of aryl methyl sites for hydroxylation is 1. The number of hydrogen-bond acceptors (Lipinski definition) is 5. The first kappa shape index (κ1) is 17.4. The molecule has 3 aromatic rings. The average Bonchev–Trinajstić information content (AvgIpc) is 2.96. The molecule has 0 atom stereocenters. The predicted molar refractivity (Wildman–Crippen MR) is 115 cm³/mol. The highest BCUT2D eigenvalue weighted by molar-refractivity contribution is 5.96. The zero-order valence-corrected chi connectivity index (χ0v) is 16.5. The van der Waals surface area contributed by atoms with Crippen LogP contribution < -0.4 is 15.1 Å².